The highest BCUT2D eigenvalue weighted by Gasteiger charge is 2.10. The van der Waals surface area contributed by atoms with Crippen molar-refractivity contribution in [1.82, 2.24) is 9.97 Å². The minimum atomic E-state index is -1.03. The number of carboxylic acid groups (broad SMARTS) is 1. The number of pyridine rings is 2. The minimum absolute atomic E-state index is 0.119. The van der Waals surface area contributed by atoms with E-state index in [1.165, 1.54) is 12.1 Å². The van der Waals surface area contributed by atoms with Crippen molar-refractivity contribution in [2.75, 3.05) is 11.9 Å². The van der Waals surface area contributed by atoms with Crippen molar-refractivity contribution in [2.24, 2.45) is 0 Å². The lowest BCUT2D eigenvalue weighted by Crippen LogP contribution is -2.18. The van der Waals surface area contributed by atoms with Gasteiger partial charge in [0.2, 0.25) is 0 Å². The number of carbonyl (C=O) groups is 1. The van der Waals surface area contributed by atoms with Crippen LogP contribution in [0.2, 0.25) is 5.15 Å². The van der Waals surface area contributed by atoms with E-state index in [1.807, 2.05) is 24.1 Å². The van der Waals surface area contributed by atoms with Crippen LogP contribution in [0.3, 0.4) is 0 Å². The summed E-state index contributed by atoms with van der Waals surface area (Å²) in [5.74, 6) is -0.519. The van der Waals surface area contributed by atoms with Gasteiger partial charge in [-0.3, -0.25) is 4.98 Å². The number of carboxylic acids is 1. The molecule has 2 rings (SSSR count). The number of hydrogen-bond donors (Lipinski definition) is 1. The van der Waals surface area contributed by atoms with Crippen molar-refractivity contribution in [2.45, 2.75) is 6.54 Å². The molecule has 2 heterocycles. The topological polar surface area (TPSA) is 66.3 Å². The lowest BCUT2D eigenvalue weighted by Gasteiger charge is -2.18. The Hall–Kier alpha value is -2.14. The Balaban J connectivity index is 2.24. The highest BCUT2D eigenvalue weighted by Crippen LogP contribution is 2.18. The van der Waals surface area contributed by atoms with Crippen LogP contribution >= 0.6 is 11.6 Å². The van der Waals surface area contributed by atoms with Gasteiger partial charge in [0, 0.05) is 26.0 Å². The van der Waals surface area contributed by atoms with E-state index in [1.54, 1.807) is 12.4 Å². The maximum Gasteiger partial charge on any atom is 0.335 e. The van der Waals surface area contributed by atoms with Crippen molar-refractivity contribution in [3.05, 3.63) is 52.9 Å². The zero-order valence-corrected chi connectivity index (χ0v) is 11.0. The Labute approximate surface area is 115 Å². The van der Waals surface area contributed by atoms with Crippen LogP contribution < -0.4 is 4.90 Å². The average molecular weight is 278 g/mol. The number of halogens is 1. The first-order valence-electron chi connectivity index (χ1n) is 5.57. The van der Waals surface area contributed by atoms with Gasteiger partial charge >= 0.3 is 5.97 Å². The SMILES string of the molecule is CN(Cc1cccnc1)c1cc(C(=O)O)cc(Cl)n1. The molecule has 0 aromatic carbocycles. The monoisotopic (exact) mass is 277 g/mol. The second kappa shape index (κ2) is 5.67. The molecule has 0 saturated heterocycles. The van der Waals surface area contributed by atoms with E-state index in [9.17, 15) is 4.79 Å². The molecule has 0 aliphatic heterocycles. The number of nitrogens with zero attached hydrogens (tertiary/aromatic N) is 3. The molecule has 0 radical (unpaired) electrons. The van der Waals surface area contributed by atoms with E-state index < -0.39 is 5.97 Å². The summed E-state index contributed by atoms with van der Waals surface area (Å²) in [6.45, 7) is 0.570. The quantitative estimate of drug-likeness (QED) is 0.870. The third kappa shape index (κ3) is 3.42. The molecule has 6 heteroatoms. The maximum absolute atomic E-state index is 11.0. The van der Waals surface area contributed by atoms with Gasteiger partial charge in [0.15, 0.2) is 0 Å². The Kier molecular flexibility index (Phi) is 3.97. The van der Waals surface area contributed by atoms with E-state index in [2.05, 4.69) is 9.97 Å². The fourth-order valence-corrected chi connectivity index (χ4v) is 1.85. The van der Waals surface area contributed by atoms with E-state index in [4.69, 9.17) is 16.7 Å². The lowest BCUT2D eigenvalue weighted by molar-refractivity contribution is 0.0697. The van der Waals surface area contributed by atoms with Gasteiger partial charge in [0.05, 0.1) is 5.56 Å². The molecule has 1 N–H and O–H groups in total. The van der Waals surface area contributed by atoms with E-state index in [0.717, 1.165) is 5.56 Å². The summed E-state index contributed by atoms with van der Waals surface area (Å²) in [6, 6.07) is 6.60. The zero-order chi connectivity index (χ0) is 13.8. The number of aromatic carboxylic acids is 1. The fourth-order valence-electron chi connectivity index (χ4n) is 1.65. The van der Waals surface area contributed by atoms with Gasteiger partial charge in [0.1, 0.15) is 11.0 Å². The predicted molar refractivity (Wildman–Crippen MR) is 72.6 cm³/mol. The molecule has 2 aromatic heterocycles. The average Bonchev–Trinajstić information content (AvgIpc) is 2.39. The molecule has 0 amide bonds. The molecule has 5 nitrogen and oxygen atoms in total. The molecule has 0 atom stereocenters. The molecular formula is C13H12ClN3O2. The summed E-state index contributed by atoms with van der Waals surface area (Å²) in [5, 5.41) is 9.15. The molecular weight excluding hydrogens is 266 g/mol. The summed E-state index contributed by atoms with van der Waals surface area (Å²) in [5.41, 5.74) is 1.12. The summed E-state index contributed by atoms with van der Waals surface area (Å²) < 4.78 is 0. The summed E-state index contributed by atoms with van der Waals surface area (Å²) in [4.78, 5) is 20.9. The largest absolute Gasteiger partial charge is 0.478 e. The van der Waals surface area contributed by atoms with Crippen molar-refractivity contribution >= 4 is 23.4 Å². The first kappa shape index (κ1) is 13.3. The fraction of sp³-hybridized carbons (Fsp3) is 0.154. The van der Waals surface area contributed by atoms with E-state index in [-0.39, 0.29) is 10.7 Å². The van der Waals surface area contributed by atoms with Crippen LogP contribution in [-0.2, 0) is 6.54 Å². The number of rotatable bonds is 4. The van der Waals surface area contributed by atoms with Gasteiger partial charge in [0.25, 0.3) is 0 Å². The van der Waals surface area contributed by atoms with Crippen LogP contribution in [0.4, 0.5) is 5.82 Å². The third-order valence-corrected chi connectivity index (χ3v) is 2.75. The van der Waals surface area contributed by atoms with Crippen LogP contribution in [0.15, 0.2) is 36.7 Å². The third-order valence-electron chi connectivity index (χ3n) is 2.56. The summed E-state index contributed by atoms with van der Waals surface area (Å²) in [7, 11) is 1.82. The number of anilines is 1. The molecule has 0 unspecified atom stereocenters. The molecule has 0 spiro atoms. The van der Waals surface area contributed by atoms with Gasteiger partial charge in [-0.2, -0.15) is 0 Å². The lowest BCUT2D eigenvalue weighted by atomic mass is 10.2. The van der Waals surface area contributed by atoms with Crippen LogP contribution in [-0.4, -0.2) is 28.1 Å². The first-order valence-corrected chi connectivity index (χ1v) is 5.95. The van der Waals surface area contributed by atoms with Crippen molar-refractivity contribution in [1.29, 1.82) is 0 Å². The van der Waals surface area contributed by atoms with Crippen LogP contribution in [0.25, 0.3) is 0 Å². The van der Waals surface area contributed by atoms with Crippen LogP contribution in [0.1, 0.15) is 15.9 Å². The minimum Gasteiger partial charge on any atom is -0.478 e. The Bertz CT molecular complexity index is 590. The molecule has 2 aromatic rings. The molecule has 0 saturated carbocycles. The van der Waals surface area contributed by atoms with Gasteiger partial charge in [-0.15, -0.1) is 0 Å². The second-order valence-corrected chi connectivity index (χ2v) is 4.45. The maximum atomic E-state index is 11.0. The molecule has 98 valence electrons. The molecule has 0 aliphatic carbocycles. The van der Waals surface area contributed by atoms with Gasteiger partial charge in [-0.1, -0.05) is 17.7 Å². The van der Waals surface area contributed by atoms with Crippen LogP contribution in [0, 0.1) is 0 Å². The molecule has 0 fully saturated rings. The highest BCUT2D eigenvalue weighted by molar-refractivity contribution is 6.29. The molecule has 19 heavy (non-hydrogen) atoms. The Morgan fingerprint density at radius 1 is 1.47 bits per heavy atom. The predicted octanol–water partition coefficient (Wildman–Crippen LogP) is 2.46. The molecule has 0 aliphatic rings. The second-order valence-electron chi connectivity index (χ2n) is 4.06. The Morgan fingerprint density at radius 3 is 2.89 bits per heavy atom. The smallest absolute Gasteiger partial charge is 0.335 e. The van der Waals surface area contributed by atoms with Gasteiger partial charge in [-0.25, -0.2) is 9.78 Å². The number of hydrogen-bond acceptors (Lipinski definition) is 4. The normalized spacial score (nSPS) is 10.2. The van der Waals surface area contributed by atoms with Crippen molar-refractivity contribution < 1.29 is 9.90 Å². The first-order chi connectivity index (χ1) is 9.06. The highest BCUT2D eigenvalue weighted by atomic mass is 35.5. The standard InChI is InChI=1S/C13H12ClN3O2/c1-17(8-9-3-2-4-15-7-9)12-6-10(13(18)19)5-11(14)16-12/h2-7H,8H2,1H3,(H,18,19). The summed E-state index contributed by atoms with van der Waals surface area (Å²) in [6.07, 6.45) is 3.45. The van der Waals surface area contributed by atoms with Crippen molar-refractivity contribution in [3.63, 3.8) is 0 Å². The van der Waals surface area contributed by atoms with E-state index in [0.29, 0.717) is 12.4 Å². The summed E-state index contributed by atoms with van der Waals surface area (Å²) >= 11 is 5.83. The van der Waals surface area contributed by atoms with Crippen molar-refractivity contribution in [3.8, 4) is 0 Å². The van der Waals surface area contributed by atoms with Gasteiger partial charge < -0.3 is 10.0 Å². The number of aromatic nitrogens is 2. The van der Waals surface area contributed by atoms with Crippen LogP contribution in [0.5, 0.6) is 0 Å². The molecule has 0 bridgehead atoms. The zero-order valence-electron chi connectivity index (χ0n) is 10.2. The van der Waals surface area contributed by atoms with Gasteiger partial charge in [-0.05, 0) is 23.8 Å². The Morgan fingerprint density at radius 2 is 2.26 bits per heavy atom. The van der Waals surface area contributed by atoms with E-state index >= 15 is 0 Å².